The van der Waals surface area contributed by atoms with E-state index in [4.69, 9.17) is 10.8 Å². The molecule has 18 heavy (non-hydrogen) atoms. The fourth-order valence-electron chi connectivity index (χ4n) is 2.13. The van der Waals surface area contributed by atoms with Crippen LogP contribution in [0.2, 0.25) is 0 Å². The Morgan fingerprint density at radius 2 is 2.22 bits per heavy atom. The molecule has 1 fully saturated rings. The van der Waals surface area contributed by atoms with Gasteiger partial charge >= 0.3 is 5.97 Å². The lowest BCUT2D eigenvalue weighted by Crippen LogP contribution is -2.26. The van der Waals surface area contributed by atoms with Crippen LogP contribution in [0.1, 0.15) is 36.5 Å². The Hall–Kier alpha value is -1.71. The average Bonchev–Trinajstić information content (AvgIpc) is 3.13. The van der Waals surface area contributed by atoms with Crippen LogP contribution in [0, 0.1) is 5.92 Å². The number of carbonyl (C=O) groups is 1. The number of carboxylic acids is 1. The first-order valence-corrected chi connectivity index (χ1v) is 6.49. The molecule has 0 unspecified atom stereocenters. The van der Waals surface area contributed by atoms with Crippen molar-refractivity contribution in [1.82, 2.24) is 0 Å². The van der Waals surface area contributed by atoms with Crippen molar-refractivity contribution in [1.29, 1.82) is 0 Å². The molecule has 3 N–H and O–H groups in total. The summed E-state index contributed by atoms with van der Waals surface area (Å²) in [6, 6.07) is 5.30. The second-order valence-corrected chi connectivity index (χ2v) is 4.97. The van der Waals surface area contributed by atoms with E-state index in [1.165, 1.54) is 12.8 Å². The third-order valence-electron chi connectivity index (χ3n) is 3.30. The third-order valence-corrected chi connectivity index (χ3v) is 3.30. The summed E-state index contributed by atoms with van der Waals surface area (Å²) in [6.45, 7) is 4.12. The highest BCUT2D eigenvalue weighted by atomic mass is 16.4. The van der Waals surface area contributed by atoms with Crippen LogP contribution in [0.25, 0.3) is 0 Å². The first kappa shape index (κ1) is 12.7. The predicted octanol–water partition coefficient (Wildman–Crippen LogP) is 2.59. The Balaban J connectivity index is 2.22. The number of rotatable bonds is 6. The van der Waals surface area contributed by atoms with Crippen molar-refractivity contribution in [3.05, 3.63) is 23.8 Å². The molecule has 0 aromatic heterocycles. The van der Waals surface area contributed by atoms with Gasteiger partial charge in [-0.3, -0.25) is 0 Å². The van der Waals surface area contributed by atoms with Gasteiger partial charge in [0.2, 0.25) is 0 Å². The van der Waals surface area contributed by atoms with E-state index in [0.29, 0.717) is 5.69 Å². The van der Waals surface area contributed by atoms with Gasteiger partial charge in [0.05, 0.1) is 5.56 Å². The largest absolute Gasteiger partial charge is 0.478 e. The fraction of sp³-hybridized carbons (Fsp3) is 0.500. The van der Waals surface area contributed by atoms with Gasteiger partial charge in [-0.05, 0) is 43.4 Å². The second kappa shape index (κ2) is 5.29. The van der Waals surface area contributed by atoms with Crippen molar-refractivity contribution in [3.8, 4) is 0 Å². The molecule has 1 aromatic carbocycles. The lowest BCUT2D eigenvalue weighted by atomic mass is 10.1. The van der Waals surface area contributed by atoms with Crippen molar-refractivity contribution in [2.75, 3.05) is 23.7 Å². The third kappa shape index (κ3) is 2.94. The summed E-state index contributed by atoms with van der Waals surface area (Å²) in [6.07, 6.45) is 3.64. The molecule has 1 aliphatic rings. The highest BCUT2D eigenvalue weighted by Crippen LogP contribution is 2.32. The number of hydrogen-bond donors (Lipinski definition) is 2. The molecule has 0 heterocycles. The van der Waals surface area contributed by atoms with Crippen LogP contribution in [0.3, 0.4) is 0 Å². The number of anilines is 2. The van der Waals surface area contributed by atoms with Gasteiger partial charge in [0, 0.05) is 24.5 Å². The number of nitrogens with zero attached hydrogens (tertiary/aromatic N) is 1. The monoisotopic (exact) mass is 248 g/mol. The topological polar surface area (TPSA) is 66.6 Å². The highest BCUT2D eigenvalue weighted by molar-refractivity contribution is 5.94. The highest BCUT2D eigenvalue weighted by Gasteiger charge is 2.24. The molecule has 1 aromatic rings. The van der Waals surface area contributed by atoms with Gasteiger partial charge in [-0.15, -0.1) is 0 Å². The summed E-state index contributed by atoms with van der Waals surface area (Å²) in [5, 5.41) is 9.10. The summed E-state index contributed by atoms with van der Waals surface area (Å²) in [4.78, 5) is 13.4. The molecule has 1 aliphatic carbocycles. The molecule has 4 heteroatoms. The standard InChI is InChI=1S/C14H20N2O2/c1-2-7-16(9-10-3-4-10)11-5-6-13(15)12(8-11)14(17)18/h5-6,8,10H,2-4,7,9,15H2,1H3,(H,17,18). The van der Waals surface area contributed by atoms with Crippen molar-refractivity contribution in [3.63, 3.8) is 0 Å². The van der Waals surface area contributed by atoms with E-state index in [1.54, 1.807) is 12.1 Å². The van der Waals surface area contributed by atoms with Crippen LogP contribution in [0.5, 0.6) is 0 Å². The van der Waals surface area contributed by atoms with Gasteiger partial charge in [-0.25, -0.2) is 4.79 Å². The van der Waals surface area contributed by atoms with Gasteiger partial charge in [0.25, 0.3) is 0 Å². The van der Waals surface area contributed by atoms with E-state index < -0.39 is 5.97 Å². The van der Waals surface area contributed by atoms with Crippen molar-refractivity contribution in [2.24, 2.45) is 5.92 Å². The van der Waals surface area contributed by atoms with Crippen LogP contribution in [-0.4, -0.2) is 24.2 Å². The van der Waals surface area contributed by atoms with E-state index in [2.05, 4.69) is 11.8 Å². The molecule has 0 spiro atoms. The summed E-state index contributed by atoms with van der Waals surface area (Å²) in [7, 11) is 0. The first-order valence-electron chi connectivity index (χ1n) is 6.49. The number of hydrogen-bond acceptors (Lipinski definition) is 3. The quantitative estimate of drug-likeness (QED) is 0.759. The maximum absolute atomic E-state index is 11.1. The van der Waals surface area contributed by atoms with Crippen LogP contribution in [0.4, 0.5) is 11.4 Å². The maximum Gasteiger partial charge on any atom is 0.337 e. The van der Waals surface area contributed by atoms with Gasteiger partial charge < -0.3 is 15.7 Å². The number of benzene rings is 1. The molecule has 0 amide bonds. The molecule has 0 atom stereocenters. The summed E-state index contributed by atoms with van der Waals surface area (Å²) < 4.78 is 0. The summed E-state index contributed by atoms with van der Waals surface area (Å²) >= 11 is 0. The summed E-state index contributed by atoms with van der Waals surface area (Å²) in [5.74, 6) is -0.181. The van der Waals surface area contributed by atoms with Crippen LogP contribution in [0.15, 0.2) is 18.2 Å². The Morgan fingerprint density at radius 1 is 1.50 bits per heavy atom. The maximum atomic E-state index is 11.1. The molecule has 0 bridgehead atoms. The number of nitrogens with two attached hydrogens (primary N) is 1. The zero-order valence-electron chi connectivity index (χ0n) is 10.7. The minimum atomic E-state index is -0.961. The van der Waals surface area contributed by atoms with E-state index in [1.807, 2.05) is 6.07 Å². The minimum absolute atomic E-state index is 0.199. The SMILES string of the molecule is CCCN(CC1CC1)c1ccc(N)c(C(=O)O)c1. The number of aromatic carboxylic acids is 1. The van der Waals surface area contributed by atoms with E-state index in [0.717, 1.165) is 31.1 Å². The lowest BCUT2D eigenvalue weighted by molar-refractivity contribution is 0.0698. The van der Waals surface area contributed by atoms with Gasteiger partial charge in [-0.2, -0.15) is 0 Å². The Kier molecular flexibility index (Phi) is 3.75. The normalized spacial score (nSPS) is 14.5. The minimum Gasteiger partial charge on any atom is -0.478 e. The van der Waals surface area contributed by atoms with E-state index >= 15 is 0 Å². The molecule has 0 aliphatic heterocycles. The van der Waals surface area contributed by atoms with Crippen LogP contribution >= 0.6 is 0 Å². The van der Waals surface area contributed by atoms with Gasteiger partial charge in [-0.1, -0.05) is 6.92 Å². The molecular weight excluding hydrogens is 228 g/mol. The zero-order chi connectivity index (χ0) is 13.1. The second-order valence-electron chi connectivity index (χ2n) is 4.97. The molecule has 4 nitrogen and oxygen atoms in total. The molecule has 0 radical (unpaired) electrons. The molecule has 2 rings (SSSR count). The van der Waals surface area contributed by atoms with Crippen LogP contribution in [-0.2, 0) is 0 Å². The lowest BCUT2D eigenvalue weighted by Gasteiger charge is -2.25. The van der Waals surface area contributed by atoms with Crippen molar-refractivity contribution < 1.29 is 9.90 Å². The number of nitrogen functional groups attached to an aromatic ring is 1. The summed E-state index contributed by atoms with van der Waals surface area (Å²) in [5.41, 5.74) is 7.17. The van der Waals surface area contributed by atoms with E-state index in [-0.39, 0.29) is 5.56 Å². The predicted molar refractivity (Wildman–Crippen MR) is 73.0 cm³/mol. The Bertz CT molecular complexity index is 441. The Labute approximate surface area is 107 Å². The van der Waals surface area contributed by atoms with E-state index in [9.17, 15) is 4.79 Å². The molecule has 0 saturated heterocycles. The Morgan fingerprint density at radius 3 is 2.78 bits per heavy atom. The molecule has 98 valence electrons. The molecule has 1 saturated carbocycles. The first-order chi connectivity index (χ1) is 8.61. The molecular formula is C14H20N2O2. The van der Waals surface area contributed by atoms with Gasteiger partial charge in [0.15, 0.2) is 0 Å². The van der Waals surface area contributed by atoms with Crippen LogP contribution < -0.4 is 10.6 Å². The fourth-order valence-corrected chi connectivity index (χ4v) is 2.13. The van der Waals surface area contributed by atoms with Gasteiger partial charge in [0.1, 0.15) is 0 Å². The zero-order valence-corrected chi connectivity index (χ0v) is 10.7. The van der Waals surface area contributed by atoms with Crippen molar-refractivity contribution >= 4 is 17.3 Å². The number of carboxylic acid groups (broad SMARTS) is 1. The van der Waals surface area contributed by atoms with Crippen molar-refractivity contribution in [2.45, 2.75) is 26.2 Å². The average molecular weight is 248 g/mol. The smallest absolute Gasteiger partial charge is 0.337 e.